The van der Waals surface area contributed by atoms with Crippen LogP contribution in [0.1, 0.15) is 12.8 Å². The van der Waals surface area contributed by atoms with Gasteiger partial charge < -0.3 is 5.11 Å². The van der Waals surface area contributed by atoms with Gasteiger partial charge in [-0.2, -0.15) is 4.31 Å². The number of carbonyl (C=O) groups is 1. The third kappa shape index (κ3) is 3.13. The van der Waals surface area contributed by atoms with Crippen molar-refractivity contribution < 1.29 is 22.7 Å². The fourth-order valence-electron chi connectivity index (χ4n) is 1.72. The molecule has 1 saturated carbocycles. The van der Waals surface area contributed by atoms with Crippen LogP contribution in [0.15, 0.2) is 27.6 Å². The van der Waals surface area contributed by atoms with Crippen LogP contribution < -0.4 is 0 Å². The number of carboxylic acid groups (broad SMARTS) is 1. The molecular weight excluding hydrogens is 341 g/mol. The molecule has 8 heteroatoms. The zero-order valence-electron chi connectivity index (χ0n) is 9.71. The van der Waals surface area contributed by atoms with Crippen molar-refractivity contribution in [1.82, 2.24) is 4.31 Å². The maximum atomic E-state index is 13.0. The van der Waals surface area contributed by atoms with E-state index in [1.807, 2.05) is 0 Å². The Hall–Kier alpha value is -0.990. The molecular formula is C11H11BrFNO4S. The highest BCUT2D eigenvalue weighted by Crippen LogP contribution is 2.34. The monoisotopic (exact) mass is 351 g/mol. The van der Waals surface area contributed by atoms with Crippen molar-refractivity contribution >= 4 is 31.9 Å². The van der Waals surface area contributed by atoms with Gasteiger partial charge in [-0.1, -0.05) is 0 Å². The summed E-state index contributed by atoms with van der Waals surface area (Å²) in [5.41, 5.74) is 0. The minimum absolute atomic E-state index is 0.0866. The number of benzene rings is 1. The summed E-state index contributed by atoms with van der Waals surface area (Å²) in [5, 5.41) is 8.81. The summed E-state index contributed by atoms with van der Waals surface area (Å²) < 4.78 is 38.8. The van der Waals surface area contributed by atoms with Crippen molar-refractivity contribution in [1.29, 1.82) is 0 Å². The van der Waals surface area contributed by atoms with Crippen molar-refractivity contribution in [3.05, 3.63) is 28.5 Å². The first-order valence-corrected chi connectivity index (χ1v) is 7.74. The van der Waals surface area contributed by atoms with Crippen molar-refractivity contribution in [2.75, 3.05) is 6.54 Å². The largest absolute Gasteiger partial charge is 0.480 e. The Morgan fingerprint density at radius 3 is 2.58 bits per heavy atom. The number of carboxylic acids is 1. The van der Waals surface area contributed by atoms with E-state index in [-0.39, 0.29) is 15.4 Å². The highest BCUT2D eigenvalue weighted by atomic mass is 79.9. The van der Waals surface area contributed by atoms with Gasteiger partial charge in [0.15, 0.2) is 0 Å². The van der Waals surface area contributed by atoms with Gasteiger partial charge in [0.1, 0.15) is 12.4 Å². The Bertz CT molecular complexity index is 615. The van der Waals surface area contributed by atoms with Gasteiger partial charge in [-0.05, 0) is 47.0 Å². The smallest absolute Gasteiger partial charge is 0.318 e. The molecule has 0 heterocycles. The zero-order chi connectivity index (χ0) is 14.2. The molecule has 5 nitrogen and oxygen atoms in total. The van der Waals surface area contributed by atoms with Crippen molar-refractivity contribution in [3.8, 4) is 0 Å². The highest BCUT2D eigenvalue weighted by molar-refractivity contribution is 9.10. The summed E-state index contributed by atoms with van der Waals surface area (Å²) >= 11 is 2.99. The van der Waals surface area contributed by atoms with Crippen LogP contribution in [0.3, 0.4) is 0 Å². The van der Waals surface area contributed by atoms with Crippen LogP contribution in [0, 0.1) is 5.82 Å². The third-order valence-corrected chi connectivity index (χ3v) is 5.60. The van der Waals surface area contributed by atoms with Crippen LogP contribution in [-0.2, 0) is 14.8 Å². The maximum Gasteiger partial charge on any atom is 0.318 e. The summed E-state index contributed by atoms with van der Waals surface area (Å²) in [6.45, 7) is -0.586. The van der Waals surface area contributed by atoms with Crippen LogP contribution in [0.4, 0.5) is 4.39 Å². The number of halogens is 2. The molecule has 1 fully saturated rings. The van der Waals surface area contributed by atoms with E-state index in [9.17, 15) is 17.6 Å². The topological polar surface area (TPSA) is 74.7 Å². The van der Waals surface area contributed by atoms with E-state index < -0.39 is 28.4 Å². The van der Waals surface area contributed by atoms with Gasteiger partial charge in [0.2, 0.25) is 10.0 Å². The molecule has 1 N–H and O–H groups in total. The first-order valence-electron chi connectivity index (χ1n) is 5.51. The van der Waals surface area contributed by atoms with E-state index in [1.54, 1.807) is 0 Å². The second-order valence-electron chi connectivity index (χ2n) is 4.25. The Labute approximate surface area is 118 Å². The second kappa shape index (κ2) is 5.18. The summed E-state index contributed by atoms with van der Waals surface area (Å²) in [6.07, 6.45) is 1.29. The van der Waals surface area contributed by atoms with Gasteiger partial charge in [0.25, 0.3) is 0 Å². The zero-order valence-corrected chi connectivity index (χ0v) is 12.1. The average Bonchev–Trinajstić information content (AvgIpc) is 3.08. The minimum Gasteiger partial charge on any atom is -0.480 e. The molecule has 0 aromatic heterocycles. The van der Waals surface area contributed by atoms with Gasteiger partial charge in [-0.3, -0.25) is 4.79 Å². The van der Waals surface area contributed by atoms with E-state index in [1.165, 1.54) is 0 Å². The normalized spacial score (nSPS) is 15.7. The Kier molecular flexibility index (Phi) is 3.93. The van der Waals surface area contributed by atoms with Crippen molar-refractivity contribution in [2.24, 2.45) is 0 Å². The molecule has 0 saturated heterocycles. The Morgan fingerprint density at radius 1 is 1.47 bits per heavy atom. The van der Waals surface area contributed by atoms with E-state index in [0.717, 1.165) is 22.5 Å². The van der Waals surface area contributed by atoms with Gasteiger partial charge in [-0.15, -0.1) is 0 Å². The van der Waals surface area contributed by atoms with Crippen molar-refractivity contribution in [3.63, 3.8) is 0 Å². The number of nitrogens with zero attached hydrogens (tertiary/aromatic N) is 1. The summed E-state index contributed by atoms with van der Waals surface area (Å²) in [5.74, 6) is -1.78. The first kappa shape index (κ1) is 14.4. The van der Waals surface area contributed by atoms with Crippen LogP contribution in [0.2, 0.25) is 0 Å². The number of hydrogen-bond donors (Lipinski definition) is 1. The van der Waals surface area contributed by atoms with Gasteiger partial charge in [-0.25, -0.2) is 12.8 Å². The fourth-order valence-corrected chi connectivity index (χ4v) is 4.36. The molecule has 0 atom stereocenters. The minimum atomic E-state index is -3.94. The maximum absolute atomic E-state index is 13.0. The molecule has 1 aliphatic rings. The van der Waals surface area contributed by atoms with Gasteiger partial charge in [0.05, 0.1) is 4.90 Å². The highest BCUT2D eigenvalue weighted by Gasteiger charge is 2.40. The van der Waals surface area contributed by atoms with Gasteiger partial charge >= 0.3 is 5.97 Å². The molecule has 0 radical (unpaired) electrons. The van der Waals surface area contributed by atoms with E-state index >= 15 is 0 Å². The van der Waals surface area contributed by atoms with Crippen LogP contribution in [0.25, 0.3) is 0 Å². The summed E-state index contributed by atoms with van der Waals surface area (Å²) in [7, 11) is -3.94. The first-order chi connectivity index (χ1) is 8.82. The molecule has 0 aliphatic heterocycles. The van der Waals surface area contributed by atoms with Crippen LogP contribution in [-0.4, -0.2) is 36.4 Å². The van der Waals surface area contributed by atoms with E-state index in [0.29, 0.717) is 12.8 Å². The summed E-state index contributed by atoms with van der Waals surface area (Å²) in [4.78, 5) is 10.7. The van der Waals surface area contributed by atoms with Crippen LogP contribution in [0.5, 0.6) is 0 Å². The molecule has 0 spiro atoms. The number of hydrogen-bond acceptors (Lipinski definition) is 3. The molecule has 19 heavy (non-hydrogen) atoms. The van der Waals surface area contributed by atoms with Crippen molar-refractivity contribution in [2.45, 2.75) is 23.8 Å². The van der Waals surface area contributed by atoms with Crippen LogP contribution >= 0.6 is 15.9 Å². The lowest BCUT2D eigenvalue weighted by atomic mass is 10.3. The molecule has 1 aromatic rings. The summed E-state index contributed by atoms with van der Waals surface area (Å²) in [6, 6.07) is 2.92. The van der Waals surface area contributed by atoms with Gasteiger partial charge in [0, 0.05) is 10.5 Å². The molecule has 104 valence electrons. The molecule has 0 amide bonds. The predicted molar refractivity (Wildman–Crippen MR) is 68.6 cm³/mol. The quantitative estimate of drug-likeness (QED) is 0.877. The lowest BCUT2D eigenvalue weighted by Crippen LogP contribution is -2.37. The Morgan fingerprint density at radius 2 is 2.11 bits per heavy atom. The molecule has 1 aromatic carbocycles. The number of rotatable bonds is 5. The third-order valence-electron chi connectivity index (χ3n) is 2.73. The molecule has 1 aliphatic carbocycles. The molecule has 0 bridgehead atoms. The van der Waals surface area contributed by atoms with E-state index in [2.05, 4.69) is 15.9 Å². The number of aliphatic carboxylic acids is 1. The fraction of sp³-hybridized carbons (Fsp3) is 0.364. The second-order valence-corrected chi connectivity index (χ2v) is 6.96. The average molecular weight is 352 g/mol. The van der Waals surface area contributed by atoms with E-state index in [4.69, 9.17) is 5.11 Å². The lowest BCUT2D eigenvalue weighted by molar-refractivity contribution is -0.137. The standard InChI is InChI=1S/C11H11BrFNO4S/c12-9-5-7(13)1-4-10(9)19(17,18)14(6-11(15)16)8-2-3-8/h1,4-5,8H,2-3,6H2,(H,15,16). The lowest BCUT2D eigenvalue weighted by Gasteiger charge is -2.20. The molecule has 2 rings (SSSR count). The molecule has 0 unspecified atom stereocenters. The predicted octanol–water partition coefficient (Wildman–Crippen LogP) is 1.83. The SMILES string of the molecule is O=C(O)CN(C1CC1)S(=O)(=O)c1ccc(F)cc1Br. The Balaban J connectivity index is 2.41. The number of sulfonamides is 1.